The monoisotopic (exact) mass is 585 g/mol. The predicted octanol–water partition coefficient (Wildman–Crippen LogP) is 7.16. The maximum atomic E-state index is 13.8. The molecule has 196 valence electrons. The number of ether oxygens (including phenoxy) is 3. The predicted molar refractivity (Wildman–Crippen MR) is 150 cm³/mol. The minimum absolute atomic E-state index is 0.250. The molecule has 2 aromatic carbocycles. The van der Waals surface area contributed by atoms with Gasteiger partial charge < -0.3 is 23.3 Å². The molecule has 0 bridgehead atoms. The number of aryl methyl sites for hydroxylation is 1. The second kappa shape index (κ2) is 10.4. The van der Waals surface area contributed by atoms with Crippen LogP contribution in [0.4, 0.5) is 4.39 Å². The standard InChI is InChI=1S/C28H33BrFN3O3Si/c1-18-14-19(30)6-7-20(18)27-28-31-23(16-32(28)10-11-36-27)25-15-21-24(9-8-22(29)26(21)34-2)33(25)17-35-12-13-37(3,4)5/h6-9,14-16,27H,10-13,17H2,1-5H3. The van der Waals surface area contributed by atoms with Crippen molar-refractivity contribution >= 4 is 34.9 Å². The first-order valence-electron chi connectivity index (χ1n) is 12.5. The van der Waals surface area contributed by atoms with Crippen molar-refractivity contribution in [1.82, 2.24) is 14.1 Å². The van der Waals surface area contributed by atoms with E-state index < -0.39 is 8.07 Å². The average molecular weight is 587 g/mol. The molecule has 9 heteroatoms. The molecule has 0 spiro atoms. The Kier molecular flexibility index (Phi) is 7.32. The van der Waals surface area contributed by atoms with Crippen LogP contribution < -0.4 is 4.74 Å². The highest BCUT2D eigenvalue weighted by atomic mass is 79.9. The number of hydrogen-bond acceptors (Lipinski definition) is 4. The van der Waals surface area contributed by atoms with Crippen LogP contribution in [0.15, 0.2) is 47.1 Å². The lowest BCUT2D eigenvalue weighted by Gasteiger charge is -2.25. The molecule has 0 amide bonds. The number of imidazole rings is 1. The van der Waals surface area contributed by atoms with Crippen molar-refractivity contribution in [3.8, 4) is 17.1 Å². The molecule has 37 heavy (non-hydrogen) atoms. The molecule has 1 aliphatic heterocycles. The Balaban J connectivity index is 1.57. The first kappa shape index (κ1) is 26.2. The van der Waals surface area contributed by atoms with Crippen LogP contribution in [0.2, 0.25) is 25.7 Å². The highest BCUT2D eigenvalue weighted by molar-refractivity contribution is 9.10. The van der Waals surface area contributed by atoms with Crippen molar-refractivity contribution in [1.29, 1.82) is 0 Å². The summed E-state index contributed by atoms with van der Waals surface area (Å²) >= 11 is 3.62. The zero-order chi connectivity index (χ0) is 26.3. The number of methoxy groups -OCH3 is 1. The third kappa shape index (κ3) is 5.27. The van der Waals surface area contributed by atoms with Crippen LogP contribution in [0.3, 0.4) is 0 Å². The number of halogens is 2. The summed E-state index contributed by atoms with van der Waals surface area (Å²) in [5.41, 5.74) is 4.60. The van der Waals surface area contributed by atoms with E-state index in [1.807, 2.05) is 13.0 Å². The Morgan fingerprint density at radius 1 is 1.19 bits per heavy atom. The van der Waals surface area contributed by atoms with Gasteiger partial charge in [-0.25, -0.2) is 9.37 Å². The molecular formula is C28H33BrFN3O3Si. The topological polar surface area (TPSA) is 50.4 Å². The van der Waals surface area contributed by atoms with E-state index in [1.165, 1.54) is 6.07 Å². The number of rotatable bonds is 8. The first-order chi connectivity index (χ1) is 17.7. The SMILES string of the molecule is COc1c(Br)ccc2c1cc(-c1cn3c(n1)C(c1ccc(F)cc1C)OCC3)n2COCC[Si](C)(C)C. The zero-order valence-electron chi connectivity index (χ0n) is 22.0. The molecule has 4 aromatic rings. The molecule has 0 saturated heterocycles. The summed E-state index contributed by atoms with van der Waals surface area (Å²) in [6.45, 7) is 11.4. The highest BCUT2D eigenvalue weighted by Gasteiger charge is 2.28. The van der Waals surface area contributed by atoms with Crippen LogP contribution in [-0.4, -0.2) is 42.5 Å². The van der Waals surface area contributed by atoms with Crippen molar-refractivity contribution in [2.75, 3.05) is 20.3 Å². The van der Waals surface area contributed by atoms with E-state index in [0.717, 1.165) is 62.1 Å². The molecule has 1 aliphatic rings. The third-order valence-electron chi connectivity index (χ3n) is 6.84. The van der Waals surface area contributed by atoms with E-state index in [-0.39, 0.29) is 11.9 Å². The number of hydrogen-bond donors (Lipinski definition) is 0. The summed E-state index contributed by atoms with van der Waals surface area (Å²) in [5.74, 6) is 1.35. The Morgan fingerprint density at radius 2 is 2.00 bits per heavy atom. The van der Waals surface area contributed by atoms with Gasteiger partial charge in [-0.05, 0) is 70.4 Å². The van der Waals surface area contributed by atoms with Gasteiger partial charge in [-0.2, -0.15) is 0 Å². The quantitative estimate of drug-likeness (QED) is 0.163. The maximum absolute atomic E-state index is 13.8. The fourth-order valence-electron chi connectivity index (χ4n) is 4.82. The van der Waals surface area contributed by atoms with Crippen LogP contribution in [0.25, 0.3) is 22.3 Å². The number of benzene rings is 2. The number of fused-ring (bicyclic) bond motifs is 2. The molecule has 1 atom stereocenters. The van der Waals surface area contributed by atoms with Crippen LogP contribution >= 0.6 is 15.9 Å². The molecule has 3 heterocycles. The second-order valence-electron chi connectivity index (χ2n) is 10.7. The van der Waals surface area contributed by atoms with E-state index >= 15 is 0 Å². The molecule has 0 aliphatic carbocycles. The summed E-state index contributed by atoms with van der Waals surface area (Å²) in [6.07, 6.45) is 1.73. The molecular weight excluding hydrogens is 553 g/mol. The van der Waals surface area contributed by atoms with Crippen LogP contribution in [0.1, 0.15) is 23.1 Å². The Morgan fingerprint density at radius 3 is 2.73 bits per heavy atom. The van der Waals surface area contributed by atoms with E-state index in [1.54, 1.807) is 19.2 Å². The van der Waals surface area contributed by atoms with Crippen molar-refractivity contribution in [2.45, 2.75) is 52.0 Å². The zero-order valence-corrected chi connectivity index (χ0v) is 24.6. The van der Waals surface area contributed by atoms with Gasteiger partial charge in [-0.15, -0.1) is 0 Å². The van der Waals surface area contributed by atoms with E-state index in [2.05, 4.69) is 63.0 Å². The normalized spacial score (nSPS) is 15.8. The lowest BCUT2D eigenvalue weighted by Crippen LogP contribution is -2.23. The molecule has 0 radical (unpaired) electrons. The van der Waals surface area contributed by atoms with E-state index in [9.17, 15) is 4.39 Å². The van der Waals surface area contributed by atoms with Crippen molar-refractivity contribution in [3.05, 3.63) is 69.8 Å². The van der Waals surface area contributed by atoms with E-state index in [4.69, 9.17) is 19.2 Å². The fourth-order valence-corrected chi connectivity index (χ4v) is 6.09. The number of aromatic nitrogens is 3. The largest absolute Gasteiger partial charge is 0.495 e. The maximum Gasteiger partial charge on any atom is 0.143 e. The smallest absolute Gasteiger partial charge is 0.143 e. The van der Waals surface area contributed by atoms with Crippen LogP contribution in [-0.2, 0) is 22.7 Å². The second-order valence-corrected chi connectivity index (χ2v) is 17.2. The average Bonchev–Trinajstić information content (AvgIpc) is 3.43. The minimum atomic E-state index is -1.20. The first-order valence-corrected chi connectivity index (χ1v) is 17.0. The van der Waals surface area contributed by atoms with E-state index in [0.29, 0.717) is 19.9 Å². The lowest BCUT2D eigenvalue weighted by atomic mass is 10.0. The van der Waals surface area contributed by atoms with Crippen LogP contribution in [0, 0.1) is 12.7 Å². The Bertz CT molecular complexity index is 1440. The van der Waals surface area contributed by atoms with Gasteiger partial charge in [0.1, 0.15) is 35.9 Å². The third-order valence-corrected chi connectivity index (χ3v) is 9.17. The lowest BCUT2D eigenvalue weighted by molar-refractivity contribution is 0.0426. The van der Waals surface area contributed by atoms with Gasteiger partial charge in [0.25, 0.3) is 0 Å². The number of nitrogens with zero attached hydrogens (tertiary/aromatic N) is 3. The van der Waals surface area contributed by atoms with Gasteiger partial charge in [0, 0.05) is 32.8 Å². The van der Waals surface area contributed by atoms with Crippen molar-refractivity contribution in [2.24, 2.45) is 0 Å². The van der Waals surface area contributed by atoms with Gasteiger partial charge in [0.05, 0.1) is 29.4 Å². The van der Waals surface area contributed by atoms with Gasteiger partial charge in [-0.3, -0.25) is 0 Å². The molecule has 1 unspecified atom stereocenters. The molecule has 5 rings (SSSR count). The Hall–Kier alpha value is -2.46. The molecule has 0 N–H and O–H groups in total. The van der Waals surface area contributed by atoms with Crippen LogP contribution in [0.5, 0.6) is 5.75 Å². The summed E-state index contributed by atoms with van der Waals surface area (Å²) in [6, 6.07) is 12.1. The van der Waals surface area contributed by atoms with Crippen molar-refractivity contribution < 1.29 is 18.6 Å². The van der Waals surface area contributed by atoms with Gasteiger partial charge in [0.15, 0.2) is 0 Å². The summed E-state index contributed by atoms with van der Waals surface area (Å²) < 4.78 is 37.1. The fraction of sp³-hybridized carbons (Fsp3) is 0.393. The Labute approximate surface area is 226 Å². The van der Waals surface area contributed by atoms with Gasteiger partial charge >= 0.3 is 0 Å². The summed E-state index contributed by atoms with van der Waals surface area (Å²) in [4.78, 5) is 5.07. The molecule has 6 nitrogen and oxygen atoms in total. The molecule has 2 aromatic heterocycles. The van der Waals surface area contributed by atoms with Gasteiger partial charge in [0.2, 0.25) is 0 Å². The van der Waals surface area contributed by atoms with Crippen molar-refractivity contribution in [3.63, 3.8) is 0 Å². The highest BCUT2D eigenvalue weighted by Crippen LogP contribution is 2.39. The summed E-state index contributed by atoms with van der Waals surface area (Å²) in [5, 5.41) is 0.994. The van der Waals surface area contributed by atoms with Gasteiger partial charge in [-0.1, -0.05) is 25.7 Å². The molecule has 0 fully saturated rings. The minimum Gasteiger partial charge on any atom is -0.495 e. The molecule has 0 saturated carbocycles. The summed E-state index contributed by atoms with van der Waals surface area (Å²) in [7, 11) is 0.482.